The largest absolute Gasteiger partial charge is 0.243 e. The molecule has 0 aliphatic heterocycles. The van der Waals surface area contributed by atoms with Crippen LogP contribution < -0.4 is 0 Å². The van der Waals surface area contributed by atoms with Crippen LogP contribution in [0.1, 0.15) is 24.5 Å². The normalized spacial score (nSPS) is 11.8. The molecule has 0 aliphatic carbocycles. The van der Waals surface area contributed by atoms with Gasteiger partial charge in [-0.3, -0.25) is 0 Å². The van der Waals surface area contributed by atoms with E-state index in [2.05, 4.69) is 13.2 Å². The quantitative estimate of drug-likeness (QED) is 0.558. The van der Waals surface area contributed by atoms with Gasteiger partial charge >= 0.3 is 0 Å². The molecular formula is C23H27NO2S. The molecule has 142 valence electrons. The van der Waals surface area contributed by atoms with Crippen LogP contribution >= 0.6 is 0 Å². The fourth-order valence-corrected chi connectivity index (χ4v) is 3.90. The predicted molar refractivity (Wildman–Crippen MR) is 114 cm³/mol. The van der Waals surface area contributed by atoms with Crippen molar-refractivity contribution in [2.75, 3.05) is 13.1 Å². The van der Waals surface area contributed by atoms with Gasteiger partial charge in [-0.15, -0.1) is 0 Å². The van der Waals surface area contributed by atoms with Crippen LogP contribution in [0, 0.1) is 6.92 Å². The Morgan fingerprint density at radius 1 is 1.04 bits per heavy atom. The molecule has 0 amide bonds. The van der Waals surface area contributed by atoms with Crippen LogP contribution in [0.5, 0.6) is 0 Å². The second-order valence-electron chi connectivity index (χ2n) is 6.62. The zero-order valence-corrected chi connectivity index (χ0v) is 16.9. The Morgan fingerprint density at radius 2 is 1.67 bits per heavy atom. The van der Waals surface area contributed by atoms with E-state index in [9.17, 15) is 8.42 Å². The number of benzene rings is 2. The molecule has 0 unspecified atom stereocenters. The molecule has 0 aliphatic rings. The third-order valence-electron chi connectivity index (χ3n) is 4.34. The summed E-state index contributed by atoms with van der Waals surface area (Å²) in [4.78, 5) is 0.308. The lowest BCUT2D eigenvalue weighted by molar-refractivity contribution is 0.446. The van der Waals surface area contributed by atoms with Crippen LogP contribution in [-0.2, 0) is 10.0 Å². The van der Waals surface area contributed by atoms with Gasteiger partial charge in [0, 0.05) is 13.1 Å². The van der Waals surface area contributed by atoms with Gasteiger partial charge in [-0.05, 0) is 38.0 Å². The van der Waals surface area contributed by atoms with E-state index < -0.39 is 10.0 Å². The van der Waals surface area contributed by atoms with E-state index in [4.69, 9.17) is 0 Å². The van der Waals surface area contributed by atoms with Crippen molar-refractivity contribution in [3.63, 3.8) is 0 Å². The first-order chi connectivity index (χ1) is 12.8. The van der Waals surface area contributed by atoms with Crippen LogP contribution in [0.2, 0.25) is 0 Å². The SMILES string of the molecule is C=C(C)C(=C)CCN(C/C=C/c1ccccc1)S(=O)(=O)c1ccc(C)cc1. The summed E-state index contributed by atoms with van der Waals surface area (Å²) in [5.41, 5.74) is 3.81. The molecule has 27 heavy (non-hydrogen) atoms. The first kappa shape index (κ1) is 20.9. The number of sulfonamides is 1. The number of aryl methyl sites for hydroxylation is 1. The number of rotatable bonds is 9. The van der Waals surface area contributed by atoms with Crippen molar-refractivity contribution >= 4 is 16.1 Å². The molecule has 0 spiro atoms. The minimum Gasteiger partial charge on any atom is -0.207 e. The Bertz CT molecular complexity index is 911. The monoisotopic (exact) mass is 381 g/mol. The molecule has 3 nitrogen and oxygen atoms in total. The van der Waals surface area contributed by atoms with Crippen LogP contribution in [0.15, 0.2) is 89.9 Å². The highest BCUT2D eigenvalue weighted by atomic mass is 32.2. The molecule has 0 saturated carbocycles. The lowest BCUT2D eigenvalue weighted by atomic mass is 10.1. The molecular weight excluding hydrogens is 354 g/mol. The summed E-state index contributed by atoms with van der Waals surface area (Å²) >= 11 is 0. The van der Waals surface area contributed by atoms with Crippen molar-refractivity contribution < 1.29 is 8.42 Å². The minimum atomic E-state index is -3.58. The third kappa shape index (κ3) is 6.05. The zero-order valence-electron chi connectivity index (χ0n) is 16.1. The summed E-state index contributed by atoms with van der Waals surface area (Å²) in [5.74, 6) is 0. The maximum absolute atomic E-state index is 13.1. The fraction of sp³-hybridized carbons (Fsp3) is 0.217. The molecule has 0 aromatic heterocycles. The molecule has 0 atom stereocenters. The highest BCUT2D eigenvalue weighted by Gasteiger charge is 2.23. The van der Waals surface area contributed by atoms with Crippen LogP contribution in [0.3, 0.4) is 0 Å². The van der Waals surface area contributed by atoms with E-state index in [0.29, 0.717) is 24.4 Å². The highest BCUT2D eigenvalue weighted by Crippen LogP contribution is 2.19. The van der Waals surface area contributed by atoms with Crippen LogP contribution in [0.25, 0.3) is 6.08 Å². The lowest BCUT2D eigenvalue weighted by Crippen LogP contribution is -2.32. The summed E-state index contributed by atoms with van der Waals surface area (Å²) < 4.78 is 27.7. The number of nitrogens with zero attached hydrogens (tertiary/aromatic N) is 1. The Balaban J connectivity index is 2.22. The van der Waals surface area contributed by atoms with E-state index in [1.807, 2.05) is 68.5 Å². The van der Waals surface area contributed by atoms with Gasteiger partial charge in [0.15, 0.2) is 0 Å². The summed E-state index contributed by atoms with van der Waals surface area (Å²) in [6, 6.07) is 16.8. The summed E-state index contributed by atoms with van der Waals surface area (Å²) in [6.07, 6.45) is 4.37. The zero-order chi connectivity index (χ0) is 19.9. The van der Waals surface area contributed by atoms with Crippen LogP contribution in [-0.4, -0.2) is 25.8 Å². The van der Waals surface area contributed by atoms with E-state index in [0.717, 1.165) is 22.3 Å². The smallest absolute Gasteiger partial charge is 0.207 e. The second kappa shape index (κ2) is 9.49. The third-order valence-corrected chi connectivity index (χ3v) is 6.22. The topological polar surface area (TPSA) is 37.4 Å². The van der Waals surface area contributed by atoms with Gasteiger partial charge in [-0.25, -0.2) is 8.42 Å². The summed E-state index contributed by atoms with van der Waals surface area (Å²) in [6.45, 7) is 12.4. The van der Waals surface area contributed by atoms with Gasteiger partial charge in [0.05, 0.1) is 4.90 Å². The average Bonchev–Trinajstić information content (AvgIpc) is 2.65. The van der Waals surface area contributed by atoms with E-state index in [1.165, 1.54) is 4.31 Å². The van der Waals surface area contributed by atoms with Gasteiger partial charge in [0.2, 0.25) is 10.0 Å². The van der Waals surface area contributed by atoms with Gasteiger partial charge < -0.3 is 0 Å². The number of hydrogen-bond acceptors (Lipinski definition) is 2. The minimum absolute atomic E-state index is 0.300. The van der Waals surface area contributed by atoms with Crippen LogP contribution in [0.4, 0.5) is 0 Å². The molecule has 0 bridgehead atoms. The van der Waals surface area contributed by atoms with E-state index in [1.54, 1.807) is 12.1 Å². The lowest BCUT2D eigenvalue weighted by Gasteiger charge is -2.21. The molecule has 0 saturated heterocycles. The number of hydrogen-bond donors (Lipinski definition) is 0. The molecule has 2 aromatic rings. The average molecular weight is 382 g/mol. The molecule has 0 heterocycles. The van der Waals surface area contributed by atoms with Gasteiger partial charge in [-0.2, -0.15) is 4.31 Å². The Labute approximate surface area is 163 Å². The molecule has 2 aromatic carbocycles. The predicted octanol–water partition coefficient (Wildman–Crippen LogP) is 5.22. The number of allylic oxidation sites excluding steroid dienone is 1. The van der Waals surface area contributed by atoms with Crippen molar-refractivity contribution in [1.29, 1.82) is 0 Å². The summed E-state index contributed by atoms with van der Waals surface area (Å²) in [5, 5.41) is 0. The van der Waals surface area contributed by atoms with Gasteiger partial charge in [0.25, 0.3) is 0 Å². The molecule has 0 fully saturated rings. The molecule has 2 rings (SSSR count). The van der Waals surface area contributed by atoms with E-state index >= 15 is 0 Å². The van der Waals surface area contributed by atoms with Crippen molar-refractivity contribution in [3.05, 3.63) is 96.1 Å². The Morgan fingerprint density at radius 3 is 2.26 bits per heavy atom. The maximum atomic E-state index is 13.1. The van der Waals surface area contributed by atoms with Crippen molar-refractivity contribution in [2.24, 2.45) is 0 Å². The van der Waals surface area contributed by atoms with Crippen molar-refractivity contribution in [1.82, 2.24) is 4.31 Å². The van der Waals surface area contributed by atoms with Gasteiger partial charge in [-0.1, -0.05) is 84.5 Å². The molecule has 0 radical (unpaired) electrons. The Kier molecular flexibility index (Phi) is 7.34. The van der Waals surface area contributed by atoms with E-state index in [-0.39, 0.29) is 0 Å². The standard InChI is InChI=1S/C23H27NO2S/c1-19(2)21(4)16-18-24(17-8-11-22-9-6-5-7-10-22)27(25,26)23-14-12-20(3)13-15-23/h5-15H,1,4,16-18H2,2-3H3/b11-8+. The highest BCUT2D eigenvalue weighted by molar-refractivity contribution is 7.89. The first-order valence-corrected chi connectivity index (χ1v) is 10.4. The summed E-state index contributed by atoms with van der Waals surface area (Å²) in [7, 11) is -3.58. The van der Waals surface area contributed by atoms with Crippen molar-refractivity contribution in [2.45, 2.75) is 25.2 Å². The second-order valence-corrected chi connectivity index (χ2v) is 8.56. The van der Waals surface area contributed by atoms with Crippen molar-refractivity contribution in [3.8, 4) is 0 Å². The fourth-order valence-electron chi connectivity index (χ4n) is 2.51. The first-order valence-electron chi connectivity index (χ1n) is 8.93. The molecule has 0 N–H and O–H groups in total. The molecule has 4 heteroatoms. The van der Waals surface area contributed by atoms with Gasteiger partial charge in [0.1, 0.15) is 0 Å². The maximum Gasteiger partial charge on any atom is 0.243 e. The Hall–Kier alpha value is -2.43.